The number of amides is 1. The monoisotopic (exact) mass is 216 g/mol. The molecule has 1 amide bonds. The summed E-state index contributed by atoms with van der Waals surface area (Å²) >= 11 is 7.09. The van der Waals surface area contributed by atoms with Crippen LogP contribution in [0.25, 0.3) is 0 Å². The second-order valence-corrected chi connectivity index (χ2v) is 4.51. The largest absolute Gasteiger partial charge is 0.347 e. The molecule has 2 N–H and O–H groups in total. The van der Waals surface area contributed by atoms with Crippen LogP contribution in [0.3, 0.4) is 0 Å². The molecule has 13 heavy (non-hydrogen) atoms. The van der Waals surface area contributed by atoms with Crippen LogP contribution in [0.4, 0.5) is 0 Å². The Bertz CT molecular complexity index is 322. The van der Waals surface area contributed by atoms with Crippen LogP contribution in [0, 0.1) is 0 Å². The predicted molar refractivity (Wildman–Crippen MR) is 53.5 cm³/mol. The Kier molecular flexibility index (Phi) is 2.53. The van der Waals surface area contributed by atoms with E-state index in [1.165, 1.54) is 11.3 Å². The molecule has 1 fully saturated rings. The third-order valence-electron chi connectivity index (χ3n) is 1.95. The lowest BCUT2D eigenvalue weighted by molar-refractivity contribution is 0.0924. The third-order valence-corrected chi connectivity index (χ3v) is 3.04. The number of hydrogen-bond acceptors (Lipinski definition) is 3. The Labute approximate surface area is 85.1 Å². The van der Waals surface area contributed by atoms with Gasteiger partial charge in [0.25, 0.3) is 5.91 Å². The normalized spacial score (nSPS) is 16.7. The Morgan fingerprint density at radius 3 is 2.92 bits per heavy atom. The van der Waals surface area contributed by atoms with Gasteiger partial charge in [0.1, 0.15) is 0 Å². The number of rotatable bonds is 2. The van der Waals surface area contributed by atoms with Crippen molar-refractivity contribution in [2.45, 2.75) is 6.04 Å². The van der Waals surface area contributed by atoms with Crippen molar-refractivity contribution >= 4 is 28.8 Å². The van der Waals surface area contributed by atoms with Gasteiger partial charge in [-0.1, -0.05) is 11.6 Å². The average molecular weight is 217 g/mol. The number of nitrogens with one attached hydrogen (secondary N) is 2. The van der Waals surface area contributed by atoms with Gasteiger partial charge in [0, 0.05) is 18.5 Å². The van der Waals surface area contributed by atoms with E-state index >= 15 is 0 Å². The van der Waals surface area contributed by atoms with E-state index < -0.39 is 0 Å². The quantitative estimate of drug-likeness (QED) is 0.778. The van der Waals surface area contributed by atoms with Crippen LogP contribution in [0.2, 0.25) is 4.34 Å². The van der Waals surface area contributed by atoms with Gasteiger partial charge in [-0.3, -0.25) is 4.79 Å². The fraction of sp³-hybridized carbons (Fsp3) is 0.375. The molecule has 1 saturated heterocycles. The van der Waals surface area contributed by atoms with E-state index in [-0.39, 0.29) is 11.9 Å². The van der Waals surface area contributed by atoms with Crippen LogP contribution in [0.1, 0.15) is 10.4 Å². The second-order valence-electron chi connectivity index (χ2n) is 2.97. The number of carbonyl (C=O) groups is 1. The van der Waals surface area contributed by atoms with Crippen LogP contribution in [0.15, 0.2) is 11.4 Å². The molecule has 1 aliphatic heterocycles. The summed E-state index contributed by atoms with van der Waals surface area (Å²) in [4.78, 5) is 11.5. The van der Waals surface area contributed by atoms with Gasteiger partial charge in [-0.05, 0) is 6.07 Å². The highest BCUT2D eigenvalue weighted by Gasteiger charge is 2.19. The van der Waals surface area contributed by atoms with Crippen LogP contribution in [0.5, 0.6) is 0 Å². The van der Waals surface area contributed by atoms with Crippen LogP contribution in [-0.2, 0) is 0 Å². The average Bonchev–Trinajstić information content (AvgIpc) is 2.44. The molecular weight excluding hydrogens is 208 g/mol. The Balaban J connectivity index is 1.96. The van der Waals surface area contributed by atoms with Gasteiger partial charge in [0.05, 0.1) is 15.9 Å². The molecule has 5 heteroatoms. The molecule has 3 nitrogen and oxygen atoms in total. The number of hydrogen-bond donors (Lipinski definition) is 2. The van der Waals surface area contributed by atoms with Crippen LogP contribution >= 0.6 is 22.9 Å². The van der Waals surface area contributed by atoms with Crippen molar-refractivity contribution in [3.8, 4) is 0 Å². The van der Waals surface area contributed by atoms with Crippen LogP contribution < -0.4 is 10.6 Å². The SMILES string of the molecule is O=C(NC1CNC1)c1csc(Cl)c1. The molecule has 0 radical (unpaired) electrons. The lowest BCUT2D eigenvalue weighted by atomic mass is 10.1. The van der Waals surface area contributed by atoms with Gasteiger partial charge in [-0.15, -0.1) is 11.3 Å². The lowest BCUT2D eigenvalue weighted by Gasteiger charge is -2.27. The molecular formula is C8H9ClN2OS. The van der Waals surface area contributed by atoms with Crippen molar-refractivity contribution in [3.05, 3.63) is 21.3 Å². The first-order chi connectivity index (χ1) is 6.25. The fourth-order valence-corrected chi connectivity index (χ4v) is 1.95. The molecule has 2 rings (SSSR count). The van der Waals surface area contributed by atoms with Gasteiger partial charge in [-0.25, -0.2) is 0 Å². The zero-order valence-corrected chi connectivity index (χ0v) is 8.41. The molecule has 0 bridgehead atoms. The van der Waals surface area contributed by atoms with E-state index in [4.69, 9.17) is 11.6 Å². The Hall–Kier alpha value is -0.580. The second kappa shape index (κ2) is 3.65. The van der Waals surface area contributed by atoms with Gasteiger partial charge in [-0.2, -0.15) is 0 Å². The first-order valence-electron chi connectivity index (χ1n) is 4.01. The summed E-state index contributed by atoms with van der Waals surface area (Å²) in [6, 6.07) is 1.97. The fourth-order valence-electron chi connectivity index (χ4n) is 1.09. The Morgan fingerprint density at radius 2 is 2.46 bits per heavy atom. The molecule has 70 valence electrons. The molecule has 1 aromatic heterocycles. The Morgan fingerprint density at radius 1 is 1.69 bits per heavy atom. The molecule has 0 aliphatic carbocycles. The summed E-state index contributed by atoms with van der Waals surface area (Å²) < 4.78 is 0.650. The smallest absolute Gasteiger partial charge is 0.252 e. The highest BCUT2D eigenvalue weighted by atomic mass is 35.5. The standard InChI is InChI=1S/C8H9ClN2OS/c9-7-1-5(4-13-7)8(12)11-6-2-10-3-6/h1,4,6,10H,2-3H2,(H,11,12). The molecule has 2 heterocycles. The molecule has 1 aliphatic rings. The van der Waals surface area contributed by atoms with E-state index in [0.29, 0.717) is 9.90 Å². The van der Waals surface area contributed by atoms with Crippen LogP contribution in [-0.4, -0.2) is 25.0 Å². The minimum atomic E-state index is -0.0327. The first-order valence-corrected chi connectivity index (χ1v) is 5.27. The van der Waals surface area contributed by atoms with Gasteiger partial charge in [0.15, 0.2) is 0 Å². The summed E-state index contributed by atoms with van der Waals surface area (Å²) in [6.45, 7) is 1.73. The van der Waals surface area contributed by atoms with E-state index in [2.05, 4.69) is 10.6 Å². The van der Waals surface area contributed by atoms with Crippen molar-refractivity contribution in [1.29, 1.82) is 0 Å². The highest BCUT2D eigenvalue weighted by molar-refractivity contribution is 7.14. The highest BCUT2D eigenvalue weighted by Crippen LogP contribution is 2.19. The minimum absolute atomic E-state index is 0.0327. The summed E-state index contributed by atoms with van der Waals surface area (Å²) in [6.07, 6.45) is 0. The van der Waals surface area contributed by atoms with Gasteiger partial charge in [0.2, 0.25) is 0 Å². The van der Waals surface area contributed by atoms with E-state index in [0.717, 1.165) is 13.1 Å². The summed E-state index contributed by atoms with van der Waals surface area (Å²) in [5.74, 6) is -0.0327. The third kappa shape index (κ3) is 2.02. The topological polar surface area (TPSA) is 41.1 Å². The zero-order chi connectivity index (χ0) is 9.26. The molecule has 0 atom stereocenters. The van der Waals surface area contributed by atoms with Crippen molar-refractivity contribution < 1.29 is 4.79 Å². The summed E-state index contributed by atoms with van der Waals surface area (Å²) in [7, 11) is 0. The number of carbonyl (C=O) groups excluding carboxylic acids is 1. The molecule has 0 spiro atoms. The molecule has 0 saturated carbocycles. The predicted octanol–water partition coefficient (Wildman–Crippen LogP) is 1.10. The van der Waals surface area contributed by atoms with Crippen molar-refractivity contribution in [2.24, 2.45) is 0 Å². The van der Waals surface area contributed by atoms with Crippen molar-refractivity contribution in [2.75, 3.05) is 13.1 Å². The van der Waals surface area contributed by atoms with E-state index in [9.17, 15) is 4.79 Å². The maximum atomic E-state index is 11.5. The molecule has 1 aromatic rings. The maximum absolute atomic E-state index is 11.5. The minimum Gasteiger partial charge on any atom is -0.347 e. The van der Waals surface area contributed by atoms with E-state index in [1.807, 2.05) is 0 Å². The summed E-state index contributed by atoms with van der Waals surface area (Å²) in [5, 5.41) is 7.75. The molecule has 0 unspecified atom stereocenters. The van der Waals surface area contributed by atoms with Gasteiger partial charge < -0.3 is 10.6 Å². The first kappa shape index (κ1) is 8.99. The summed E-state index contributed by atoms with van der Waals surface area (Å²) in [5.41, 5.74) is 0.655. The molecule has 0 aromatic carbocycles. The van der Waals surface area contributed by atoms with Crippen molar-refractivity contribution in [3.63, 3.8) is 0 Å². The maximum Gasteiger partial charge on any atom is 0.252 e. The van der Waals surface area contributed by atoms with E-state index in [1.54, 1.807) is 11.4 Å². The lowest BCUT2D eigenvalue weighted by Crippen LogP contribution is -2.56. The number of halogens is 1. The zero-order valence-electron chi connectivity index (χ0n) is 6.84. The van der Waals surface area contributed by atoms with Gasteiger partial charge >= 0.3 is 0 Å². The van der Waals surface area contributed by atoms with Crippen molar-refractivity contribution in [1.82, 2.24) is 10.6 Å². The number of thiophene rings is 1.